The number of para-hydroxylation sites is 1. The highest BCUT2D eigenvalue weighted by Gasteiger charge is 2.30. The number of nitrogens with zero attached hydrogens (tertiary/aromatic N) is 2. The summed E-state index contributed by atoms with van der Waals surface area (Å²) < 4.78 is 5.28. The van der Waals surface area contributed by atoms with Crippen LogP contribution < -0.4 is 15.0 Å². The topological polar surface area (TPSA) is 44.8 Å². The van der Waals surface area contributed by atoms with E-state index in [1.165, 1.54) is 5.69 Å². The van der Waals surface area contributed by atoms with Crippen molar-refractivity contribution in [2.24, 2.45) is 0 Å². The van der Waals surface area contributed by atoms with Gasteiger partial charge in [0.05, 0.1) is 7.11 Å². The molecule has 5 nitrogen and oxygen atoms in total. The van der Waals surface area contributed by atoms with Gasteiger partial charge in [-0.3, -0.25) is 9.69 Å². The maximum absolute atomic E-state index is 13.4. The summed E-state index contributed by atoms with van der Waals surface area (Å²) in [6.45, 7) is 3.42. The molecule has 0 spiro atoms. The van der Waals surface area contributed by atoms with Crippen molar-refractivity contribution >= 4 is 17.3 Å². The monoisotopic (exact) mass is 401 g/mol. The molecule has 1 fully saturated rings. The first-order chi connectivity index (χ1) is 14.7. The van der Waals surface area contributed by atoms with Gasteiger partial charge in [-0.25, -0.2) is 0 Å². The van der Waals surface area contributed by atoms with Gasteiger partial charge in [0.2, 0.25) is 5.91 Å². The molecule has 0 saturated carbocycles. The maximum Gasteiger partial charge on any atom is 0.246 e. The van der Waals surface area contributed by atoms with E-state index in [0.29, 0.717) is 0 Å². The Morgan fingerprint density at radius 1 is 0.867 bits per heavy atom. The molecule has 3 aromatic rings. The summed E-state index contributed by atoms with van der Waals surface area (Å²) in [6, 6.07) is 27.6. The minimum atomic E-state index is -0.338. The third kappa shape index (κ3) is 4.63. The van der Waals surface area contributed by atoms with Crippen molar-refractivity contribution in [2.75, 3.05) is 43.5 Å². The molecule has 1 atom stereocenters. The van der Waals surface area contributed by atoms with Crippen LogP contribution in [0.3, 0.4) is 0 Å². The van der Waals surface area contributed by atoms with Crippen LogP contribution in [-0.2, 0) is 4.79 Å². The quantitative estimate of drug-likeness (QED) is 0.673. The predicted molar refractivity (Wildman–Crippen MR) is 121 cm³/mol. The Bertz CT molecular complexity index is 954. The predicted octanol–water partition coefficient (Wildman–Crippen LogP) is 4.20. The molecule has 30 heavy (non-hydrogen) atoms. The van der Waals surface area contributed by atoms with Crippen LogP contribution in [0.1, 0.15) is 11.6 Å². The summed E-state index contributed by atoms with van der Waals surface area (Å²) >= 11 is 0. The zero-order valence-corrected chi connectivity index (χ0v) is 17.2. The standard InChI is InChI=1S/C25H27N3O2/c1-30-23-14-8-11-21(19-23)26-25(29)24(20-9-4-2-5-10-20)28-17-15-27(16-18-28)22-12-6-3-7-13-22/h2-14,19,24H,15-18H2,1H3,(H,26,29)/t24-/m0/s1. The number of carbonyl (C=O) groups excluding carboxylic acids is 1. The summed E-state index contributed by atoms with van der Waals surface area (Å²) in [7, 11) is 1.62. The summed E-state index contributed by atoms with van der Waals surface area (Å²) in [5, 5.41) is 3.08. The zero-order valence-electron chi connectivity index (χ0n) is 17.2. The second-order valence-electron chi connectivity index (χ2n) is 7.39. The fourth-order valence-electron chi connectivity index (χ4n) is 3.95. The van der Waals surface area contributed by atoms with Crippen LogP contribution in [0.5, 0.6) is 5.75 Å². The normalized spacial score (nSPS) is 15.4. The van der Waals surface area contributed by atoms with Gasteiger partial charge in [-0.1, -0.05) is 54.6 Å². The van der Waals surface area contributed by atoms with Crippen LogP contribution >= 0.6 is 0 Å². The van der Waals surface area contributed by atoms with Gasteiger partial charge in [0, 0.05) is 43.6 Å². The van der Waals surface area contributed by atoms with Crippen molar-refractivity contribution in [1.29, 1.82) is 0 Å². The Hall–Kier alpha value is -3.31. The number of hydrogen-bond donors (Lipinski definition) is 1. The van der Waals surface area contributed by atoms with Gasteiger partial charge >= 0.3 is 0 Å². The Balaban J connectivity index is 1.51. The number of piperazine rings is 1. The van der Waals surface area contributed by atoms with E-state index in [1.807, 2.05) is 60.7 Å². The third-order valence-corrected chi connectivity index (χ3v) is 5.50. The molecule has 5 heteroatoms. The van der Waals surface area contributed by atoms with Gasteiger partial charge in [-0.2, -0.15) is 0 Å². The SMILES string of the molecule is COc1cccc(NC(=O)[C@H](c2ccccc2)N2CCN(c3ccccc3)CC2)c1. The van der Waals surface area contributed by atoms with Crippen LogP contribution in [0.2, 0.25) is 0 Å². The smallest absolute Gasteiger partial charge is 0.246 e. The molecule has 3 aromatic carbocycles. The highest BCUT2D eigenvalue weighted by atomic mass is 16.5. The summed E-state index contributed by atoms with van der Waals surface area (Å²) in [5.74, 6) is 0.697. The van der Waals surface area contributed by atoms with Gasteiger partial charge < -0.3 is 15.0 Å². The Morgan fingerprint density at radius 2 is 1.53 bits per heavy atom. The van der Waals surface area contributed by atoms with Gasteiger partial charge in [0.25, 0.3) is 0 Å². The summed E-state index contributed by atoms with van der Waals surface area (Å²) in [6.07, 6.45) is 0. The molecule has 0 unspecified atom stereocenters. The highest BCUT2D eigenvalue weighted by Crippen LogP contribution is 2.26. The number of nitrogens with one attached hydrogen (secondary N) is 1. The van der Waals surface area contributed by atoms with E-state index in [9.17, 15) is 4.79 Å². The van der Waals surface area contributed by atoms with Gasteiger partial charge in [-0.05, 0) is 29.8 Å². The average molecular weight is 402 g/mol. The molecule has 1 heterocycles. The van der Waals surface area contributed by atoms with E-state index in [0.717, 1.165) is 43.2 Å². The third-order valence-electron chi connectivity index (χ3n) is 5.50. The Labute approximate surface area is 177 Å². The molecule has 1 amide bonds. The highest BCUT2D eigenvalue weighted by molar-refractivity contribution is 5.95. The van der Waals surface area contributed by atoms with Crippen LogP contribution in [-0.4, -0.2) is 44.1 Å². The van der Waals surface area contributed by atoms with Gasteiger partial charge in [0.1, 0.15) is 11.8 Å². The fraction of sp³-hybridized carbons (Fsp3) is 0.240. The molecule has 0 aromatic heterocycles. The first kappa shape index (κ1) is 20.0. The van der Waals surface area contributed by atoms with Crippen LogP contribution in [0.25, 0.3) is 0 Å². The molecule has 154 valence electrons. The second kappa shape index (κ2) is 9.46. The average Bonchev–Trinajstić information content (AvgIpc) is 2.81. The molecule has 1 aliphatic heterocycles. The Morgan fingerprint density at radius 3 is 2.20 bits per heavy atom. The van der Waals surface area contributed by atoms with E-state index in [1.54, 1.807) is 7.11 Å². The second-order valence-corrected chi connectivity index (χ2v) is 7.39. The lowest BCUT2D eigenvalue weighted by molar-refractivity contribution is -0.121. The Kier molecular flexibility index (Phi) is 6.30. The molecule has 0 aliphatic carbocycles. The lowest BCUT2D eigenvalue weighted by Gasteiger charge is -2.39. The van der Waals surface area contributed by atoms with Crippen molar-refractivity contribution < 1.29 is 9.53 Å². The molecule has 0 bridgehead atoms. The van der Waals surface area contributed by atoms with E-state index in [-0.39, 0.29) is 11.9 Å². The number of hydrogen-bond acceptors (Lipinski definition) is 4. The minimum Gasteiger partial charge on any atom is -0.497 e. The van der Waals surface area contributed by atoms with E-state index in [2.05, 4.69) is 39.4 Å². The molecule has 0 radical (unpaired) electrons. The van der Waals surface area contributed by atoms with Crippen molar-refractivity contribution in [3.63, 3.8) is 0 Å². The van der Waals surface area contributed by atoms with E-state index in [4.69, 9.17) is 4.74 Å². The molecule has 1 saturated heterocycles. The molecule has 4 rings (SSSR count). The first-order valence-corrected chi connectivity index (χ1v) is 10.3. The largest absolute Gasteiger partial charge is 0.497 e. The number of carbonyl (C=O) groups is 1. The van der Waals surface area contributed by atoms with Crippen LogP contribution in [0.15, 0.2) is 84.9 Å². The number of ether oxygens (including phenoxy) is 1. The number of rotatable bonds is 6. The lowest BCUT2D eigenvalue weighted by atomic mass is 10.0. The molecular formula is C25H27N3O2. The van der Waals surface area contributed by atoms with Crippen molar-refractivity contribution in [2.45, 2.75) is 6.04 Å². The summed E-state index contributed by atoms with van der Waals surface area (Å²) in [5.41, 5.74) is 2.98. The van der Waals surface area contributed by atoms with Crippen molar-refractivity contribution in [3.05, 3.63) is 90.5 Å². The van der Waals surface area contributed by atoms with Crippen LogP contribution in [0, 0.1) is 0 Å². The molecular weight excluding hydrogens is 374 g/mol. The van der Waals surface area contributed by atoms with Crippen molar-refractivity contribution in [3.8, 4) is 5.75 Å². The lowest BCUT2D eigenvalue weighted by Crippen LogP contribution is -2.50. The van der Waals surface area contributed by atoms with Gasteiger partial charge in [-0.15, -0.1) is 0 Å². The minimum absolute atomic E-state index is 0.0254. The van der Waals surface area contributed by atoms with Gasteiger partial charge in [0.15, 0.2) is 0 Å². The maximum atomic E-state index is 13.4. The number of anilines is 2. The van der Waals surface area contributed by atoms with E-state index < -0.39 is 0 Å². The number of amides is 1. The number of benzene rings is 3. The van der Waals surface area contributed by atoms with Crippen molar-refractivity contribution in [1.82, 2.24) is 4.90 Å². The molecule has 1 aliphatic rings. The first-order valence-electron chi connectivity index (χ1n) is 10.3. The number of methoxy groups -OCH3 is 1. The fourth-order valence-corrected chi connectivity index (χ4v) is 3.95. The summed E-state index contributed by atoms with van der Waals surface area (Å²) in [4.78, 5) is 18.0. The van der Waals surface area contributed by atoms with E-state index >= 15 is 0 Å². The van der Waals surface area contributed by atoms with Crippen LogP contribution in [0.4, 0.5) is 11.4 Å². The molecule has 1 N–H and O–H groups in total. The zero-order chi connectivity index (χ0) is 20.8.